The average Bonchev–Trinajstić information content (AvgIpc) is 2.33. The van der Waals surface area contributed by atoms with E-state index in [2.05, 4.69) is 12.2 Å². The van der Waals surface area contributed by atoms with Crippen LogP contribution in [0.25, 0.3) is 0 Å². The second-order valence-electron chi connectivity index (χ2n) is 5.92. The summed E-state index contributed by atoms with van der Waals surface area (Å²) >= 11 is 0. The van der Waals surface area contributed by atoms with Crippen LogP contribution in [0.3, 0.4) is 0 Å². The summed E-state index contributed by atoms with van der Waals surface area (Å²) in [5, 5.41) is 0. The van der Waals surface area contributed by atoms with Gasteiger partial charge in [-0.25, -0.2) is 0 Å². The highest BCUT2D eigenvalue weighted by atomic mass is 32.2. The molecule has 2 fully saturated rings. The molecule has 0 amide bonds. The van der Waals surface area contributed by atoms with E-state index in [1.807, 2.05) is 6.92 Å². The van der Waals surface area contributed by atoms with Crippen LogP contribution in [0.2, 0.25) is 0 Å². The van der Waals surface area contributed by atoms with Gasteiger partial charge >= 0.3 is 0 Å². The van der Waals surface area contributed by atoms with Crippen molar-refractivity contribution in [1.82, 2.24) is 0 Å². The Morgan fingerprint density at radius 1 is 1.11 bits per heavy atom. The molecule has 0 aromatic heterocycles. The minimum Gasteiger partial charge on any atom is -0.263 e. The van der Waals surface area contributed by atoms with Gasteiger partial charge in [-0.3, -0.25) is 4.18 Å². The molecule has 1 aromatic rings. The lowest BCUT2D eigenvalue weighted by Crippen LogP contribution is -2.63. The van der Waals surface area contributed by atoms with E-state index < -0.39 is 10.1 Å². The van der Waals surface area contributed by atoms with Crippen molar-refractivity contribution in [2.45, 2.75) is 24.3 Å². The summed E-state index contributed by atoms with van der Waals surface area (Å²) in [5.41, 5.74) is 1.05. The molecule has 4 heteroatoms. The Morgan fingerprint density at radius 3 is 2.37 bits per heavy atom. The molecule has 0 aliphatic heterocycles. The van der Waals surface area contributed by atoms with Gasteiger partial charge in [0, 0.05) is 0 Å². The van der Waals surface area contributed by atoms with Gasteiger partial charge in [0.05, 0.1) is 11.0 Å². The summed E-state index contributed by atoms with van der Waals surface area (Å²) in [6.07, 6.45) is 5.22. The van der Waals surface area contributed by atoms with Crippen LogP contribution >= 0.6 is 0 Å². The Balaban J connectivity index is 1.50. The van der Waals surface area contributed by atoms with E-state index in [-0.39, 0.29) is 11.0 Å². The summed E-state index contributed by atoms with van der Waals surface area (Å²) in [5.74, 6) is 2.41. The Morgan fingerprint density at radius 2 is 1.79 bits per heavy atom. The van der Waals surface area contributed by atoms with Crippen molar-refractivity contribution in [2.24, 2.45) is 23.7 Å². The Bertz CT molecular complexity index is 644. The fourth-order valence-corrected chi connectivity index (χ4v) is 4.78. The van der Waals surface area contributed by atoms with Gasteiger partial charge in [0.15, 0.2) is 0 Å². The van der Waals surface area contributed by atoms with E-state index in [1.165, 1.54) is 0 Å². The van der Waals surface area contributed by atoms with Crippen LogP contribution in [0.1, 0.15) is 12.0 Å². The molecule has 1 aromatic carbocycles. The van der Waals surface area contributed by atoms with E-state index in [0.29, 0.717) is 23.7 Å². The van der Waals surface area contributed by atoms with Crippen LogP contribution in [0, 0.1) is 30.6 Å². The zero-order valence-electron chi connectivity index (χ0n) is 10.7. The van der Waals surface area contributed by atoms with Crippen LogP contribution in [0.4, 0.5) is 0 Å². The summed E-state index contributed by atoms with van der Waals surface area (Å²) in [4.78, 5) is 0.265. The maximum atomic E-state index is 12.2. The average molecular weight is 276 g/mol. The molecular weight excluding hydrogens is 260 g/mol. The lowest BCUT2D eigenvalue weighted by molar-refractivity contribution is -0.154. The molecule has 5 atom stereocenters. The topological polar surface area (TPSA) is 43.4 Å². The van der Waals surface area contributed by atoms with Gasteiger partial charge in [0.2, 0.25) is 0 Å². The summed E-state index contributed by atoms with van der Waals surface area (Å²) < 4.78 is 29.8. The molecular formula is C15H16O3S. The fraction of sp³-hybridized carbons (Fsp3) is 0.467. The third kappa shape index (κ3) is 1.56. The van der Waals surface area contributed by atoms with Crippen LogP contribution in [0.15, 0.2) is 41.3 Å². The van der Waals surface area contributed by atoms with E-state index >= 15 is 0 Å². The van der Waals surface area contributed by atoms with E-state index in [4.69, 9.17) is 4.18 Å². The predicted octanol–water partition coefficient (Wildman–Crippen LogP) is 2.52. The zero-order chi connectivity index (χ0) is 13.2. The number of allylic oxidation sites excluding steroid dienone is 2. The molecule has 19 heavy (non-hydrogen) atoms. The zero-order valence-corrected chi connectivity index (χ0v) is 11.5. The second-order valence-corrected chi connectivity index (χ2v) is 7.49. The number of aryl methyl sites for hydroxylation is 1. The van der Waals surface area contributed by atoms with Crippen molar-refractivity contribution in [1.29, 1.82) is 0 Å². The smallest absolute Gasteiger partial charge is 0.263 e. The molecule has 100 valence electrons. The molecule has 2 saturated carbocycles. The molecule has 3 aliphatic carbocycles. The van der Waals surface area contributed by atoms with Crippen LogP contribution in [-0.2, 0) is 14.3 Å². The SMILES string of the molecule is Cc1ccc(S(=O)(=O)OC2CC3C4C=CC4C23)cc1. The summed E-state index contributed by atoms with van der Waals surface area (Å²) in [7, 11) is -3.60. The standard InChI is InChI=1S/C15H16O3S/c1-9-2-4-10(5-3-9)19(16,17)18-14-8-13-11-6-7-12(11)15(13)14/h2-7,11-15H,8H2,1H3. The lowest BCUT2D eigenvalue weighted by atomic mass is 9.42. The number of benzene rings is 1. The highest BCUT2D eigenvalue weighted by molar-refractivity contribution is 7.86. The highest BCUT2D eigenvalue weighted by Crippen LogP contribution is 2.64. The van der Waals surface area contributed by atoms with E-state index in [0.717, 1.165) is 12.0 Å². The first-order chi connectivity index (χ1) is 9.06. The number of hydrogen-bond acceptors (Lipinski definition) is 3. The largest absolute Gasteiger partial charge is 0.297 e. The molecule has 3 aliphatic rings. The number of hydrogen-bond donors (Lipinski definition) is 0. The van der Waals surface area contributed by atoms with E-state index in [1.54, 1.807) is 24.3 Å². The third-order valence-corrected chi connectivity index (χ3v) is 6.28. The summed E-state index contributed by atoms with van der Waals surface area (Å²) in [6, 6.07) is 6.84. The van der Waals surface area contributed by atoms with Crippen molar-refractivity contribution in [3.63, 3.8) is 0 Å². The quantitative estimate of drug-likeness (QED) is 0.629. The Labute approximate surface area is 113 Å². The number of rotatable bonds is 3. The monoisotopic (exact) mass is 276 g/mol. The van der Waals surface area contributed by atoms with Gasteiger partial charge < -0.3 is 0 Å². The van der Waals surface area contributed by atoms with Gasteiger partial charge in [0.1, 0.15) is 0 Å². The molecule has 0 spiro atoms. The van der Waals surface area contributed by atoms with Crippen LogP contribution in [0.5, 0.6) is 0 Å². The molecule has 5 unspecified atom stereocenters. The van der Waals surface area contributed by atoms with Crippen molar-refractivity contribution in [2.75, 3.05) is 0 Å². The third-order valence-electron chi connectivity index (χ3n) is 4.93. The molecule has 0 radical (unpaired) electrons. The van der Waals surface area contributed by atoms with Gasteiger partial charge in [-0.2, -0.15) is 8.42 Å². The Kier molecular flexibility index (Phi) is 2.28. The Hall–Kier alpha value is -1.13. The minimum atomic E-state index is -3.60. The predicted molar refractivity (Wildman–Crippen MR) is 71.0 cm³/mol. The second kappa shape index (κ2) is 3.70. The highest BCUT2D eigenvalue weighted by Gasteiger charge is 2.63. The van der Waals surface area contributed by atoms with Crippen molar-refractivity contribution in [3.8, 4) is 0 Å². The maximum absolute atomic E-state index is 12.2. The minimum absolute atomic E-state index is 0.109. The molecule has 0 saturated heterocycles. The van der Waals surface area contributed by atoms with Crippen LogP contribution < -0.4 is 0 Å². The van der Waals surface area contributed by atoms with Gasteiger partial charge in [-0.15, -0.1) is 0 Å². The van der Waals surface area contributed by atoms with Crippen molar-refractivity contribution < 1.29 is 12.6 Å². The molecule has 0 N–H and O–H groups in total. The first kappa shape index (κ1) is 11.7. The normalized spacial score (nSPS) is 38.5. The molecule has 0 heterocycles. The van der Waals surface area contributed by atoms with Gasteiger partial charge in [-0.05, 0) is 49.1 Å². The maximum Gasteiger partial charge on any atom is 0.297 e. The van der Waals surface area contributed by atoms with Crippen molar-refractivity contribution >= 4 is 10.1 Å². The van der Waals surface area contributed by atoms with Crippen LogP contribution in [-0.4, -0.2) is 14.5 Å². The summed E-state index contributed by atoms with van der Waals surface area (Å²) in [6.45, 7) is 1.94. The fourth-order valence-electron chi connectivity index (χ4n) is 3.67. The van der Waals surface area contributed by atoms with Crippen molar-refractivity contribution in [3.05, 3.63) is 42.0 Å². The number of fused-ring (bicyclic) bond motifs is 4. The van der Waals surface area contributed by atoms with Gasteiger partial charge in [0.25, 0.3) is 10.1 Å². The molecule has 3 nitrogen and oxygen atoms in total. The van der Waals surface area contributed by atoms with Gasteiger partial charge in [-0.1, -0.05) is 29.8 Å². The van der Waals surface area contributed by atoms with E-state index in [9.17, 15) is 8.42 Å². The first-order valence-electron chi connectivity index (χ1n) is 6.74. The molecule has 0 bridgehead atoms. The lowest BCUT2D eigenvalue weighted by Gasteiger charge is -2.64. The first-order valence-corrected chi connectivity index (χ1v) is 8.15. The molecule has 4 rings (SSSR count).